The molecule has 1 aliphatic heterocycles. The number of hydrogen-bond acceptors (Lipinski definition) is 5. The van der Waals surface area contributed by atoms with Crippen molar-refractivity contribution in [3.8, 4) is 16.9 Å². The fourth-order valence-electron chi connectivity index (χ4n) is 4.54. The molecule has 36 heavy (non-hydrogen) atoms. The maximum absolute atomic E-state index is 14.5. The van der Waals surface area contributed by atoms with Crippen LogP contribution in [0.4, 0.5) is 10.1 Å². The average molecular weight is 513 g/mol. The van der Waals surface area contributed by atoms with Crippen molar-refractivity contribution in [1.82, 2.24) is 4.90 Å². The maximum atomic E-state index is 14.5. The molecular formula is C26H25FN2O6S. The molecule has 0 aliphatic carbocycles. The largest absolute Gasteiger partial charge is 0.496 e. The van der Waals surface area contributed by atoms with Crippen molar-refractivity contribution in [3.05, 3.63) is 83.7 Å². The van der Waals surface area contributed by atoms with E-state index >= 15 is 0 Å². The van der Waals surface area contributed by atoms with E-state index in [9.17, 15) is 27.5 Å². The molecule has 4 rings (SSSR count). The normalized spacial score (nSPS) is 17.6. The van der Waals surface area contributed by atoms with E-state index in [0.29, 0.717) is 34.5 Å². The number of carbonyl (C=O) groups is 2. The first-order valence-corrected chi connectivity index (χ1v) is 13.0. The Kier molecular flexibility index (Phi) is 6.98. The molecule has 188 valence electrons. The zero-order valence-corrected chi connectivity index (χ0v) is 20.5. The number of amides is 1. The number of methoxy groups -OCH3 is 1. The number of ether oxygens (including phenoxy) is 1. The third-order valence-corrected chi connectivity index (χ3v) is 6.72. The number of sulfonamides is 1. The van der Waals surface area contributed by atoms with Crippen LogP contribution < -0.4 is 9.46 Å². The summed E-state index contributed by atoms with van der Waals surface area (Å²) in [6.07, 6.45) is 1.62. The zero-order chi connectivity index (χ0) is 26.0. The van der Waals surface area contributed by atoms with Gasteiger partial charge in [0.2, 0.25) is 10.0 Å². The summed E-state index contributed by atoms with van der Waals surface area (Å²) in [5.41, 5.74) is 2.28. The predicted octanol–water partition coefficient (Wildman–Crippen LogP) is 4.30. The van der Waals surface area contributed by atoms with Gasteiger partial charge in [-0.2, -0.15) is 0 Å². The van der Waals surface area contributed by atoms with Crippen molar-refractivity contribution in [2.75, 3.05) is 18.1 Å². The molecule has 0 radical (unpaired) electrons. The second-order valence-corrected chi connectivity index (χ2v) is 10.3. The highest BCUT2D eigenvalue weighted by atomic mass is 32.2. The van der Waals surface area contributed by atoms with E-state index in [4.69, 9.17) is 4.74 Å². The smallest absolute Gasteiger partial charge is 0.326 e. The van der Waals surface area contributed by atoms with E-state index < -0.39 is 39.8 Å². The molecule has 0 spiro atoms. The quantitative estimate of drug-likeness (QED) is 0.488. The first-order valence-electron chi connectivity index (χ1n) is 11.1. The minimum atomic E-state index is -3.45. The summed E-state index contributed by atoms with van der Waals surface area (Å²) in [5.74, 6) is -1.69. The van der Waals surface area contributed by atoms with E-state index in [1.165, 1.54) is 18.1 Å². The molecule has 0 unspecified atom stereocenters. The minimum absolute atomic E-state index is 0.225. The van der Waals surface area contributed by atoms with Gasteiger partial charge in [0.25, 0.3) is 5.91 Å². The monoisotopic (exact) mass is 512 g/mol. The standard InChI is InChI=1S/C26H25FN2O6S/c1-35-24-15-18(28-36(2,33)34)11-12-19(24)16-7-9-17(10-8-16)25(30)29-22(13-14-23(29)26(31)32)20-5-3-4-6-21(20)27/h3-12,15,22-23,28H,13-14H2,1-2H3,(H,31,32)/t22-,23+/m1/s1. The molecule has 1 amide bonds. The number of halogens is 1. The fourth-order valence-corrected chi connectivity index (χ4v) is 5.09. The lowest BCUT2D eigenvalue weighted by Gasteiger charge is -2.29. The maximum Gasteiger partial charge on any atom is 0.326 e. The van der Waals surface area contributed by atoms with Crippen LogP contribution >= 0.6 is 0 Å². The van der Waals surface area contributed by atoms with Gasteiger partial charge in [-0.05, 0) is 48.7 Å². The Labute approximate surface area is 208 Å². The second kappa shape index (κ2) is 9.98. The molecule has 2 atom stereocenters. The zero-order valence-electron chi connectivity index (χ0n) is 19.6. The van der Waals surface area contributed by atoms with Crippen molar-refractivity contribution >= 4 is 27.6 Å². The molecule has 1 heterocycles. The van der Waals surface area contributed by atoms with Gasteiger partial charge in [-0.1, -0.05) is 30.3 Å². The van der Waals surface area contributed by atoms with Gasteiger partial charge in [0.1, 0.15) is 17.6 Å². The van der Waals surface area contributed by atoms with Gasteiger partial charge in [0.05, 0.1) is 25.1 Å². The van der Waals surface area contributed by atoms with Crippen molar-refractivity contribution in [1.29, 1.82) is 0 Å². The van der Waals surface area contributed by atoms with Gasteiger partial charge >= 0.3 is 5.97 Å². The van der Waals surface area contributed by atoms with Crippen LogP contribution in [0, 0.1) is 5.82 Å². The Bertz CT molecular complexity index is 1410. The van der Waals surface area contributed by atoms with Crippen molar-refractivity contribution < 1.29 is 32.2 Å². The van der Waals surface area contributed by atoms with E-state index in [1.807, 2.05) is 0 Å². The molecule has 0 aromatic heterocycles. The van der Waals surface area contributed by atoms with Crippen molar-refractivity contribution in [2.45, 2.75) is 24.9 Å². The Morgan fingerprint density at radius 3 is 2.36 bits per heavy atom. The molecule has 0 bridgehead atoms. The van der Waals surface area contributed by atoms with Crippen LogP contribution in [0.1, 0.15) is 34.8 Å². The topological polar surface area (TPSA) is 113 Å². The molecule has 1 fully saturated rings. The van der Waals surface area contributed by atoms with Gasteiger partial charge in [-0.25, -0.2) is 17.6 Å². The van der Waals surface area contributed by atoms with E-state index in [-0.39, 0.29) is 12.0 Å². The summed E-state index contributed by atoms with van der Waals surface area (Å²) in [4.78, 5) is 26.6. The molecule has 1 saturated heterocycles. The summed E-state index contributed by atoms with van der Waals surface area (Å²) in [6.45, 7) is 0. The number of rotatable bonds is 7. The number of benzene rings is 3. The fraction of sp³-hybridized carbons (Fsp3) is 0.231. The van der Waals surface area contributed by atoms with Crippen LogP contribution in [0.5, 0.6) is 5.75 Å². The van der Waals surface area contributed by atoms with Gasteiger partial charge in [0, 0.05) is 22.8 Å². The highest BCUT2D eigenvalue weighted by Crippen LogP contribution is 2.39. The minimum Gasteiger partial charge on any atom is -0.496 e. The highest BCUT2D eigenvalue weighted by Gasteiger charge is 2.42. The summed E-state index contributed by atoms with van der Waals surface area (Å²) in [5, 5.41) is 9.71. The summed E-state index contributed by atoms with van der Waals surface area (Å²) >= 11 is 0. The molecule has 8 nitrogen and oxygen atoms in total. The van der Waals surface area contributed by atoms with Crippen LogP contribution in [-0.4, -0.2) is 49.7 Å². The van der Waals surface area contributed by atoms with Crippen LogP contribution in [0.15, 0.2) is 66.7 Å². The molecule has 1 aliphatic rings. The number of nitrogens with zero attached hydrogens (tertiary/aromatic N) is 1. The lowest BCUT2D eigenvalue weighted by molar-refractivity contribution is -0.141. The first kappa shape index (κ1) is 25.2. The third kappa shape index (κ3) is 5.18. The van der Waals surface area contributed by atoms with Gasteiger partial charge in [-0.15, -0.1) is 0 Å². The molecule has 10 heteroatoms. The van der Waals surface area contributed by atoms with Crippen molar-refractivity contribution in [2.24, 2.45) is 0 Å². The number of carboxylic acids is 1. The van der Waals surface area contributed by atoms with Crippen LogP contribution in [0.2, 0.25) is 0 Å². The average Bonchev–Trinajstić information content (AvgIpc) is 3.28. The van der Waals surface area contributed by atoms with Crippen LogP contribution in [0.3, 0.4) is 0 Å². The molecule has 3 aromatic rings. The Hall–Kier alpha value is -3.92. The molecule has 3 aromatic carbocycles. The Balaban J connectivity index is 1.64. The number of carbonyl (C=O) groups excluding carboxylic acids is 1. The summed E-state index contributed by atoms with van der Waals surface area (Å²) in [7, 11) is -1.99. The van der Waals surface area contributed by atoms with Crippen molar-refractivity contribution in [3.63, 3.8) is 0 Å². The van der Waals surface area contributed by atoms with Crippen LogP contribution in [0.25, 0.3) is 11.1 Å². The SMILES string of the molecule is COc1cc(NS(C)(=O)=O)ccc1-c1ccc(C(=O)N2[C@@H](c3ccccc3F)CC[C@H]2C(=O)O)cc1. The molecule has 0 saturated carbocycles. The number of aliphatic carboxylic acids is 1. The lowest BCUT2D eigenvalue weighted by Crippen LogP contribution is -2.42. The molecule has 2 N–H and O–H groups in total. The van der Waals surface area contributed by atoms with E-state index in [2.05, 4.69) is 4.72 Å². The van der Waals surface area contributed by atoms with E-state index in [0.717, 1.165) is 6.26 Å². The predicted molar refractivity (Wildman–Crippen MR) is 133 cm³/mol. The molecular weight excluding hydrogens is 487 g/mol. The number of carboxylic acid groups (broad SMARTS) is 1. The number of nitrogens with one attached hydrogen (secondary N) is 1. The number of likely N-dealkylation sites (tertiary alicyclic amines) is 1. The lowest BCUT2D eigenvalue weighted by atomic mass is 10.0. The first-order chi connectivity index (χ1) is 17.1. The number of anilines is 1. The highest BCUT2D eigenvalue weighted by molar-refractivity contribution is 7.92. The van der Waals surface area contributed by atoms with Gasteiger partial charge in [-0.3, -0.25) is 9.52 Å². The number of hydrogen-bond donors (Lipinski definition) is 2. The summed E-state index contributed by atoms with van der Waals surface area (Å²) < 4.78 is 45.4. The Morgan fingerprint density at radius 2 is 1.75 bits per heavy atom. The second-order valence-electron chi connectivity index (χ2n) is 8.55. The summed E-state index contributed by atoms with van der Waals surface area (Å²) in [6, 6.07) is 15.7. The van der Waals surface area contributed by atoms with Gasteiger partial charge < -0.3 is 14.7 Å². The van der Waals surface area contributed by atoms with E-state index in [1.54, 1.807) is 60.7 Å². The van der Waals surface area contributed by atoms with Gasteiger partial charge in [0.15, 0.2) is 0 Å². The van der Waals surface area contributed by atoms with Crippen LogP contribution in [-0.2, 0) is 14.8 Å². The Morgan fingerprint density at radius 1 is 1.06 bits per heavy atom. The third-order valence-electron chi connectivity index (χ3n) is 6.12.